The Kier molecular flexibility index (Phi) is 5.16. The third-order valence-corrected chi connectivity index (χ3v) is 2.91. The normalized spacial score (nSPS) is 10.4. The molecule has 2 aromatic rings. The number of pyridine rings is 2. The monoisotopic (exact) mass is 321 g/mol. The molecule has 0 saturated carbocycles. The number of methoxy groups -OCH3 is 1. The number of hydrogen-bond donors (Lipinski definition) is 1. The molecule has 0 unspecified atom stereocenters. The average molecular weight is 322 g/mol. The van der Waals surface area contributed by atoms with Crippen molar-refractivity contribution in [1.82, 2.24) is 9.97 Å². The zero-order chi connectivity index (χ0) is 16.1. The topological polar surface area (TPSA) is 73.3 Å². The molecule has 0 spiro atoms. The van der Waals surface area contributed by atoms with Crippen LogP contribution in [0.5, 0.6) is 11.6 Å². The molecule has 22 heavy (non-hydrogen) atoms. The van der Waals surface area contributed by atoms with Crippen LogP contribution < -0.4 is 14.8 Å². The van der Waals surface area contributed by atoms with Gasteiger partial charge in [-0.2, -0.15) is 0 Å². The van der Waals surface area contributed by atoms with Gasteiger partial charge in [0, 0.05) is 12.4 Å². The molecule has 1 N–H and O–H groups in total. The molecule has 2 aromatic heterocycles. The van der Waals surface area contributed by atoms with E-state index in [1.165, 1.54) is 19.4 Å². The van der Waals surface area contributed by atoms with Crippen LogP contribution in [0.25, 0.3) is 0 Å². The standard InChI is InChI=1S/C15H16ClN3O3/c1-9(2)22-15-11(16)7-10(8-18-15)14(20)19-13-12(21-3)5-4-6-17-13/h4-9H,1-3H3,(H,17,19,20). The Bertz CT molecular complexity index is 677. The Hall–Kier alpha value is -2.34. The number of ether oxygens (including phenoxy) is 2. The van der Waals surface area contributed by atoms with Gasteiger partial charge in [0.1, 0.15) is 5.02 Å². The molecule has 2 heterocycles. The summed E-state index contributed by atoms with van der Waals surface area (Å²) in [5, 5.41) is 2.92. The first kappa shape index (κ1) is 16.0. The molecule has 7 heteroatoms. The minimum Gasteiger partial charge on any atom is -0.493 e. The second-order valence-electron chi connectivity index (χ2n) is 4.69. The van der Waals surface area contributed by atoms with E-state index in [0.29, 0.717) is 23.0 Å². The van der Waals surface area contributed by atoms with Crippen LogP contribution in [0, 0.1) is 0 Å². The number of rotatable bonds is 5. The molecule has 0 aliphatic rings. The van der Waals surface area contributed by atoms with E-state index in [0.717, 1.165) is 0 Å². The molecule has 0 aliphatic carbocycles. The number of hydrogen-bond acceptors (Lipinski definition) is 5. The molecule has 0 bridgehead atoms. The van der Waals surface area contributed by atoms with Gasteiger partial charge in [0.05, 0.1) is 18.8 Å². The van der Waals surface area contributed by atoms with Crippen LogP contribution in [-0.2, 0) is 0 Å². The van der Waals surface area contributed by atoms with Crippen molar-refractivity contribution < 1.29 is 14.3 Å². The molecule has 0 aliphatic heterocycles. The maximum absolute atomic E-state index is 12.2. The third-order valence-electron chi connectivity index (χ3n) is 2.64. The van der Waals surface area contributed by atoms with Crippen molar-refractivity contribution in [1.29, 1.82) is 0 Å². The predicted molar refractivity (Wildman–Crippen MR) is 83.8 cm³/mol. The van der Waals surface area contributed by atoms with Gasteiger partial charge in [0.25, 0.3) is 5.91 Å². The van der Waals surface area contributed by atoms with Crippen molar-refractivity contribution in [2.24, 2.45) is 0 Å². The maximum atomic E-state index is 12.2. The SMILES string of the molecule is COc1cccnc1NC(=O)c1cnc(OC(C)C)c(Cl)c1. The number of anilines is 1. The van der Waals surface area contributed by atoms with Gasteiger partial charge in [-0.05, 0) is 32.0 Å². The van der Waals surface area contributed by atoms with Crippen molar-refractivity contribution >= 4 is 23.3 Å². The zero-order valence-electron chi connectivity index (χ0n) is 12.5. The molecule has 2 rings (SSSR count). The van der Waals surface area contributed by atoms with Crippen LogP contribution in [-0.4, -0.2) is 29.1 Å². The molecule has 6 nitrogen and oxygen atoms in total. The van der Waals surface area contributed by atoms with Gasteiger partial charge in [-0.3, -0.25) is 4.79 Å². The van der Waals surface area contributed by atoms with E-state index in [1.54, 1.807) is 18.3 Å². The van der Waals surface area contributed by atoms with Crippen LogP contribution in [0.1, 0.15) is 24.2 Å². The fourth-order valence-electron chi connectivity index (χ4n) is 1.69. The van der Waals surface area contributed by atoms with E-state index >= 15 is 0 Å². The van der Waals surface area contributed by atoms with Gasteiger partial charge in [-0.15, -0.1) is 0 Å². The summed E-state index contributed by atoms with van der Waals surface area (Å²) in [4.78, 5) is 20.3. The highest BCUT2D eigenvalue weighted by molar-refractivity contribution is 6.32. The predicted octanol–water partition coefficient (Wildman–Crippen LogP) is 3.18. The summed E-state index contributed by atoms with van der Waals surface area (Å²) in [7, 11) is 1.50. The first-order valence-corrected chi connectivity index (χ1v) is 7.01. The molecule has 0 saturated heterocycles. The first-order chi connectivity index (χ1) is 10.5. The molecule has 0 atom stereocenters. The highest BCUT2D eigenvalue weighted by Crippen LogP contribution is 2.25. The second kappa shape index (κ2) is 7.09. The zero-order valence-corrected chi connectivity index (χ0v) is 13.2. The van der Waals surface area contributed by atoms with E-state index in [1.807, 2.05) is 13.8 Å². The van der Waals surface area contributed by atoms with Crippen LogP contribution in [0.3, 0.4) is 0 Å². The van der Waals surface area contributed by atoms with Crippen molar-refractivity contribution in [3.05, 3.63) is 41.2 Å². The lowest BCUT2D eigenvalue weighted by atomic mass is 10.2. The summed E-state index contributed by atoms with van der Waals surface area (Å²) < 4.78 is 10.6. The fraction of sp³-hybridized carbons (Fsp3) is 0.267. The number of carbonyl (C=O) groups excluding carboxylic acids is 1. The quantitative estimate of drug-likeness (QED) is 0.915. The van der Waals surface area contributed by atoms with Gasteiger partial charge in [-0.25, -0.2) is 9.97 Å². The Morgan fingerprint density at radius 3 is 2.77 bits per heavy atom. The lowest BCUT2D eigenvalue weighted by molar-refractivity contribution is 0.102. The summed E-state index contributed by atoms with van der Waals surface area (Å²) in [5.74, 6) is 0.703. The van der Waals surface area contributed by atoms with Crippen molar-refractivity contribution in [3.63, 3.8) is 0 Å². The van der Waals surface area contributed by atoms with Gasteiger partial charge in [0.2, 0.25) is 5.88 Å². The summed E-state index contributed by atoms with van der Waals surface area (Å²) in [6.07, 6.45) is 2.90. The summed E-state index contributed by atoms with van der Waals surface area (Å²) in [6, 6.07) is 4.91. The number of amides is 1. The largest absolute Gasteiger partial charge is 0.493 e. The number of aromatic nitrogens is 2. The summed E-state index contributed by atoms with van der Waals surface area (Å²) in [5.41, 5.74) is 0.300. The summed E-state index contributed by atoms with van der Waals surface area (Å²) in [6.45, 7) is 3.73. The van der Waals surface area contributed by atoms with Crippen LogP contribution in [0.15, 0.2) is 30.6 Å². The van der Waals surface area contributed by atoms with Crippen molar-refractivity contribution in [3.8, 4) is 11.6 Å². The first-order valence-electron chi connectivity index (χ1n) is 6.63. The van der Waals surface area contributed by atoms with Gasteiger partial charge < -0.3 is 14.8 Å². The van der Waals surface area contributed by atoms with Crippen LogP contribution in [0.4, 0.5) is 5.82 Å². The minimum absolute atomic E-state index is 0.0533. The van der Waals surface area contributed by atoms with E-state index < -0.39 is 0 Å². The van der Waals surface area contributed by atoms with Crippen molar-refractivity contribution in [2.45, 2.75) is 20.0 Å². The summed E-state index contributed by atoms with van der Waals surface area (Å²) >= 11 is 6.07. The lowest BCUT2D eigenvalue weighted by Crippen LogP contribution is -2.15. The highest BCUT2D eigenvalue weighted by atomic mass is 35.5. The van der Waals surface area contributed by atoms with Crippen LogP contribution in [0.2, 0.25) is 5.02 Å². The van der Waals surface area contributed by atoms with E-state index in [-0.39, 0.29) is 17.0 Å². The number of nitrogens with one attached hydrogen (secondary N) is 1. The molecule has 116 valence electrons. The number of carbonyl (C=O) groups is 1. The maximum Gasteiger partial charge on any atom is 0.258 e. The van der Waals surface area contributed by atoms with E-state index in [4.69, 9.17) is 21.1 Å². The number of nitrogens with zero attached hydrogens (tertiary/aromatic N) is 2. The minimum atomic E-state index is -0.387. The molecular formula is C15H16ClN3O3. The Balaban J connectivity index is 2.18. The highest BCUT2D eigenvalue weighted by Gasteiger charge is 2.14. The molecular weight excluding hydrogens is 306 g/mol. The van der Waals surface area contributed by atoms with E-state index in [9.17, 15) is 4.79 Å². The van der Waals surface area contributed by atoms with Crippen molar-refractivity contribution in [2.75, 3.05) is 12.4 Å². The van der Waals surface area contributed by atoms with Gasteiger partial charge in [0.15, 0.2) is 11.6 Å². The molecule has 1 amide bonds. The van der Waals surface area contributed by atoms with Gasteiger partial charge >= 0.3 is 0 Å². The molecule has 0 radical (unpaired) electrons. The van der Waals surface area contributed by atoms with Crippen LogP contribution >= 0.6 is 11.6 Å². The van der Waals surface area contributed by atoms with Gasteiger partial charge in [-0.1, -0.05) is 11.6 Å². The molecule has 0 fully saturated rings. The number of halogens is 1. The smallest absolute Gasteiger partial charge is 0.258 e. The molecule has 0 aromatic carbocycles. The Morgan fingerprint density at radius 2 is 2.14 bits per heavy atom. The Labute approximate surface area is 133 Å². The third kappa shape index (κ3) is 3.85. The fourth-order valence-corrected chi connectivity index (χ4v) is 1.90. The second-order valence-corrected chi connectivity index (χ2v) is 5.09. The average Bonchev–Trinajstić information content (AvgIpc) is 2.49. The van der Waals surface area contributed by atoms with E-state index in [2.05, 4.69) is 15.3 Å². The lowest BCUT2D eigenvalue weighted by Gasteiger charge is -2.11. The Morgan fingerprint density at radius 1 is 1.36 bits per heavy atom.